The first kappa shape index (κ1) is 13.1. The molecule has 96 valence electrons. The predicted octanol–water partition coefficient (Wildman–Crippen LogP) is 3.36. The van der Waals surface area contributed by atoms with E-state index in [1.807, 2.05) is 49.2 Å². The van der Waals surface area contributed by atoms with Crippen molar-refractivity contribution in [2.45, 2.75) is 6.92 Å². The number of rotatable bonds is 5. The van der Waals surface area contributed by atoms with Crippen LogP contribution in [0.5, 0.6) is 0 Å². The first-order chi connectivity index (χ1) is 8.72. The van der Waals surface area contributed by atoms with E-state index < -0.39 is 0 Å². The quantitative estimate of drug-likeness (QED) is 0.612. The van der Waals surface area contributed by atoms with Crippen molar-refractivity contribution < 1.29 is 4.74 Å². The molecule has 0 bridgehead atoms. The van der Waals surface area contributed by atoms with Gasteiger partial charge in [0, 0.05) is 25.6 Å². The van der Waals surface area contributed by atoms with Gasteiger partial charge in [-0.05, 0) is 18.4 Å². The van der Waals surface area contributed by atoms with E-state index in [1.54, 1.807) is 0 Å². The lowest BCUT2D eigenvalue weighted by Crippen LogP contribution is -2.23. The minimum atomic E-state index is 0.548. The lowest BCUT2D eigenvalue weighted by molar-refractivity contribution is 0.154. The van der Waals surface area contributed by atoms with Crippen molar-refractivity contribution >= 4 is 28.2 Å². The maximum Gasteiger partial charge on any atom is 0.139 e. The van der Waals surface area contributed by atoms with Crippen LogP contribution in [0.4, 0.5) is 5.82 Å². The van der Waals surface area contributed by atoms with Gasteiger partial charge in [-0.15, -0.1) is 0 Å². The van der Waals surface area contributed by atoms with Crippen molar-refractivity contribution in [1.82, 2.24) is 4.98 Å². The Morgan fingerprint density at radius 2 is 2.11 bits per heavy atom. The van der Waals surface area contributed by atoms with Crippen molar-refractivity contribution in [3.05, 3.63) is 35.5 Å². The lowest BCUT2D eigenvalue weighted by Gasteiger charge is -2.18. The van der Waals surface area contributed by atoms with Gasteiger partial charge in [-0.25, -0.2) is 4.98 Å². The van der Waals surface area contributed by atoms with E-state index in [-0.39, 0.29) is 0 Å². The second-order valence-electron chi connectivity index (χ2n) is 4.11. The van der Waals surface area contributed by atoms with Crippen LogP contribution >= 0.6 is 11.6 Å². The zero-order valence-electron chi connectivity index (χ0n) is 10.7. The zero-order valence-corrected chi connectivity index (χ0v) is 11.4. The summed E-state index contributed by atoms with van der Waals surface area (Å²) in [5.74, 6) is 0.874. The number of pyridine rings is 1. The Kier molecular flexibility index (Phi) is 4.39. The van der Waals surface area contributed by atoms with Crippen LogP contribution in [0, 0.1) is 0 Å². The molecule has 0 N–H and O–H groups in total. The van der Waals surface area contributed by atoms with Crippen LogP contribution in [0.25, 0.3) is 10.8 Å². The van der Waals surface area contributed by atoms with Crippen LogP contribution in [0.1, 0.15) is 6.92 Å². The fourth-order valence-electron chi connectivity index (χ4n) is 1.80. The Morgan fingerprint density at radius 3 is 2.89 bits per heavy atom. The van der Waals surface area contributed by atoms with Crippen molar-refractivity contribution in [2.75, 3.05) is 31.7 Å². The highest BCUT2D eigenvalue weighted by molar-refractivity contribution is 6.34. The molecule has 0 aliphatic rings. The topological polar surface area (TPSA) is 25.4 Å². The second kappa shape index (κ2) is 6.03. The van der Waals surface area contributed by atoms with E-state index in [2.05, 4.69) is 4.98 Å². The number of nitrogens with zero attached hydrogens (tertiary/aromatic N) is 2. The summed E-state index contributed by atoms with van der Waals surface area (Å²) in [4.78, 5) is 6.47. The van der Waals surface area contributed by atoms with Crippen LogP contribution < -0.4 is 4.90 Å². The average Bonchev–Trinajstić information content (AvgIpc) is 2.39. The van der Waals surface area contributed by atoms with Gasteiger partial charge in [0.05, 0.1) is 6.61 Å². The summed E-state index contributed by atoms with van der Waals surface area (Å²) in [6, 6.07) is 10.0. The fraction of sp³-hybridized carbons (Fsp3) is 0.357. The van der Waals surface area contributed by atoms with Crippen LogP contribution in [0.3, 0.4) is 0 Å². The molecule has 3 nitrogen and oxygen atoms in total. The largest absolute Gasteiger partial charge is 0.380 e. The van der Waals surface area contributed by atoms with Gasteiger partial charge in [-0.1, -0.05) is 35.9 Å². The van der Waals surface area contributed by atoms with Gasteiger partial charge in [0.2, 0.25) is 0 Å². The molecule has 0 aliphatic carbocycles. The predicted molar refractivity (Wildman–Crippen MR) is 76.5 cm³/mol. The van der Waals surface area contributed by atoms with Crippen LogP contribution in [-0.4, -0.2) is 31.8 Å². The number of ether oxygens (including phenoxy) is 1. The Labute approximate surface area is 112 Å². The molecule has 0 aliphatic heterocycles. The molecule has 1 heterocycles. The third-order valence-corrected chi connectivity index (χ3v) is 3.13. The fourth-order valence-corrected chi connectivity index (χ4v) is 2.06. The van der Waals surface area contributed by atoms with E-state index in [0.717, 1.165) is 29.7 Å². The first-order valence-electron chi connectivity index (χ1n) is 6.06. The van der Waals surface area contributed by atoms with E-state index in [1.165, 1.54) is 0 Å². The number of aromatic nitrogens is 1. The maximum absolute atomic E-state index is 6.20. The third-order valence-electron chi connectivity index (χ3n) is 2.85. The highest BCUT2D eigenvalue weighted by Gasteiger charge is 2.07. The number of benzene rings is 1. The Hall–Kier alpha value is -1.32. The smallest absolute Gasteiger partial charge is 0.139 e. The Balaban J connectivity index is 2.23. The van der Waals surface area contributed by atoms with E-state index in [4.69, 9.17) is 16.3 Å². The molecule has 0 radical (unpaired) electrons. The van der Waals surface area contributed by atoms with Gasteiger partial charge in [0.1, 0.15) is 11.0 Å². The summed E-state index contributed by atoms with van der Waals surface area (Å²) < 4.78 is 5.34. The van der Waals surface area contributed by atoms with Crippen LogP contribution in [-0.2, 0) is 4.74 Å². The SMILES string of the molecule is CCOCCN(C)c1cc2ccccc2c(Cl)n1. The molecule has 4 heteroatoms. The van der Waals surface area contributed by atoms with E-state index in [9.17, 15) is 0 Å². The third kappa shape index (κ3) is 2.92. The van der Waals surface area contributed by atoms with Crippen LogP contribution in [0.2, 0.25) is 5.15 Å². The second-order valence-corrected chi connectivity index (χ2v) is 4.47. The van der Waals surface area contributed by atoms with Crippen LogP contribution in [0.15, 0.2) is 30.3 Å². The summed E-state index contributed by atoms with van der Waals surface area (Å²) in [6.45, 7) is 4.22. The lowest BCUT2D eigenvalue weighted by atomic mass is 10.2. The number of hydrogen-bond donors (Lipinski definition) is 0. The standard InChI is InChI=1S/C14H17ClN2O/c1-3-18-9-8-17(2)13-10-11-6-4-5-7-12(11)14(15)16-13/h4-7,10H,3,8-9H2,1-2H3. The molecule has 0 fully saturated rings. The van der Waals surface area contributed by atoms with Gasteiger partial charge < -0.3 is 9.64 Å². The zero-order chi connectivity index (χ0) is 13.0. The molecule has 0 spiro atoms. The molecular formula is C14H17ClN2O. The van der Waals surface area contributed by atoms with E-state index in [0.29, 0.717) is 11.8 Å². The molecule has 2 rings (SSSR count). The molecule has 1 aromatic carbocycles. The molecule has 0 atom stereocenters. The van der Waals surface area contributed by atoms with Gasteiger partial charge in [-0.3, -0.25) is 0 Å². The van der Waals surface area contributed by atoms with Gasteiger partial charge >= 0.3 is 0 Å². The molecule has 18 heavy (non-hydrogen) atoms. The van der Waals surface area contributed by atoms with Gasteiger partial charge in [0.15, 0.2) is 0 Å². The number of hydrogen-bond acceptors (Lipinski definition) is 3. The number of likely N-dealkylation sites (N-methyl/N-ethyl adjacent to an activating group) is 1. The van der Waals surface area contributed by atoms with Crippen molar-refractivity contribution in [2.24, 2.45) is 0 Å². The minimum absolute atomic E-state index is 0.548. The molecule has 2 aromatic rings. The van der Waals surface area contributed by atoms with Gasteiger partial charge in [0.25, 0.3) is 0 Å². The molecule has 0 amide bonds. The molecular weight excluding hydrogens is 248 g/mol. The number of fused-ring (bicyclic) bond motifs is 1. The Bertz CT molecular complexity index is 530. The molecule has 0 unspecified atom stereocenters. The highest BCUT2D eigenvalue weighted by atomic mass is 35.5. The maximum atomic E-state index is 6.20. The minimum Gasteiger partial charge on any atom is -0.380 e. The van der Waals surface area contributed by atoms with Crippen molar-refractivity contribution in [1.29, 1.82) is 0 Å². The summed E-state index contributed by atoms with van der Waals surface area (Å²) in [5, 5.41) is 2.64. The van der Waals surface area contributed by atoms with Crippen molar-refractivity contribution in [3.63, 3.8) is 0 Å². The summed E-state index contributed by atoms with van der Waals surface area (Å²) in [7, 11) is 1.99. The first-order valence-corrected chi connectivity index (χ1v) is 6.44. The van der Waals surface area contributed by atoms with Gasteiger partial charge in [-0.2, -0.15) is 0 Å². The molecule has 1 aromatic heterocycles. The summed E-state index contributed by atoms with van der Waals surface area (Å²) in [5.41, 5.74) is 0. The summed E-state index contributed by atoms with van der Waals surface area (Å²) in [6.07, 6.45) is 0. The number of halogens is 1. The Morgan fingerprint density at radius 1 is 1.33 bits per heavy atom. The highest BCUT2D eigenvalue weighted by Crippen LogP contribution is 2.25. The number of anilines is 1. The molecule has 0 saturated heterocycles. The average molecular weight is 265 g/mol. The normalized spacial score (nSPS) is 10.8. The van der Waals surface area contributed by atoms with Crippen molar-refractivity contribution in [3.8, 4) is 0 Å². The summed E-state index contributed by atoms with van der Waals surface area (Å²) >= 11 is 6.20. The monoisotopic (exact) mass is 264 g/mol. The van der Waals surface area contributed by atoms with E-state index >= 15 is 0 Å². The molecule has 0 saturated carbocycles.